The van der Waals surface area contributed by atoms with Gasteiger partial charge < -0.3 is 10.5 Å². The average Bonchev–Trinajstić information content (AvgIpc) is 3.13. The molecular formula is C14H18FNO2S. The molecule has 0 radical (unpaired) electrons. The number of nitrogen functional groups attached to an aromatic ring is 1. The van der Waals surface area contributed by atoms with Gasteiger partial charge in [0.1, 0.15) is 5.82 Å². The Morgan fingerprint density at radius 3 is 2.84 bits per heavy atom. The number of hydrogen-bond acceptors (Lipinski definition) is 4. The van der Waals surface area contributed by atoms with E-state index in [4.69, 9.17) is 10.5 Å². The second-order valence-corrected chi connectivity index (χ2v) is 6.04. The highest BCUT2D eigenvalue weighted by atomic mass is 32.2. The zero-order valence-electron chi connectivity index (χ0n) is 10.9. The summed E-state index contributed by atoms with van der Waals surface area (Å²) >= 11 is 1.63. The van der Waals surface area contributed by atoms with Crippen LogP contribution >= 0.6 is 11.8 Å². The summed E-state index contributed by atoms with van der Waals surface area (Å²) in [7, 11) is 1.41. The fourth-order valence-electron chi connectivity index (χ4n) is 2.02. The first-order chi connectivity index (χ1) is 9.06. The fraction of sp³-hybridized carbons (Fsp3) is 0.500. The highest BCUT2D eigenvalue weighted by molar-refractivity contribution is 7.98. The molecule has 0 bridgehead atoms. The van der Waals surface area contributed by atoms with Crippen LogP contribution in [0.15, 0.2) is 18.2 Å². The van der Waals surface area contributed by atoms with Gasteiger partial charge in [-0.05, 0) is 36.1 Å². The van der Waals surface area contributed by atoms with Crippen molar-refractivity contribution < 1.29 is 13.9 Å². The third kappa shape index (κ3) is 3.62. The monoisotopic (exact) mass is 283 g/mol. The van der Waals surface area contributed by atoms with Crippen LogP contribution in [-0.2, 0) is 15.3 Å². The molecule has 2 rings (SSSR count). The third-order valence-corrected chi connectivity index (χ3v) is 4.82. The van der Waals surface area contributed by atoms with E-state index in [1.807, 2.05) is 0 Å². The van der Waals surface area contributed by atoms with Crippen molar-refractivity contribution in [3.8, 4) is 0 Å². The van der Waals surface area contributed by atoms with Gasteiger partial charge >= 0.3 is 5.97 Å². The number of rotatable bonds is 6. The number of anilines is 1. The van der Waals surface area contributed by atoms with Crippen LogP contribution in [0.2, 0.25) is 0 Å². The maximum absolute atomic E-state index is 13.6. The van der Waals surface area contributed by atoms with E-state index in [1.54, 1.807) is 23.9 Å². The molecule has 1 aliphatic rings. The summed E-state index contributed by atoms with van der Waals surface area (Å²) in [6.45, 7) is 0. The average molecular weight is 283 g/mol. The van der Waals surface area contributed by atoms with Gasteiger partial charge in [0, 0.05) is 17.0 Å². The number of nitrogens with two attached hydrogens (primary N) is 1. The largest absolute Gasteiger partial charge is 0.469 e. The van der Waals surface area contributed by atoms with Crippen molar-refractivity contribution in [1.82, 2.24) is 0 Å². The van der Waals surface area contributed by atoms with Crippen LogP contribution in [0.3, 0.4) is 0 Å². The second-order valence-electron chi connectivity index (χ2n) is 5.05. The van der Waals surface area contributed by atoms with E-state index in [9.17, 15) is 9.18 Å². The lowest BCUT2D eigenvalue weighted by Gasteiger charge is -2.13. The van der Waals surface area contributed by atoms with Crippen LogP contribution < -0.4 is 5.73 Å². The molecule has 2 N–H and O–H groups in total. The van der Waals surface area contributed by atoms with Crippen LogP contribution in [0.5, 0.6) is 0 Å². The van der Waals surface area contributed by atoms with Crippen LogP contribution in [-0.4, -0.2) is 18.8 Å². The Labute approximate surface area is 116 Å². The molecule has 0 saturated heterocycles. The predicted octanol–water partition coefficient (Wildman–Crippen LogP) is 2.98. The van der Waals surface area contributed by atoms with E-state index in [2.05, 4.69) is 0 Å². The Morgan fingerprint density at radius 1 is 1.53 bits per heavy atom. The smallest absolute Gasteiger partial charge is 0.306 e. The van der Waals surface area contributed by atoms with Gasteiger partial charge in [-0.25, -0.2) is 4.39 Å². The molecule has 0 unspecified atom stereocenters. The van der Waals surface area contributed by atoms with Crippen molar-refractivity contribution in [3.63, 3.8) is 0 Å². The molecule has 0 spiro atoms. The van der Waals surface area contributed by atoms with E-state index in [0.29, 0.717) is 23.4 Å². The van der Waals surface area contributed by atoms with Gasteiger partial charge in [0.05, 0.1) is 13.5 Å². The van der Waals surface area contributed by atoms with Gasteiger partial charge in [0.2, 0.25) is 0 Å². The molecule has 5 heteroatoms. The Kier molecular flexibility index (Phi) is 4.34. The van der Waals surface area contributed by atoms with Gasteiger partial charge in [-0.2, -0.15) is 11.8 Å². The minimum absolute atomic E-state index is 0.0672. The normalized spacial score (nSPS) is 16.1. The molecule has 0 aromatic heterocycles. The lowest BCUT2D eigenvalue weighted by atomic mass is 10.1. The fourth-order valence-corrected chi connectivity index (χ4v) is 3.46. The molecule has 1 aromatic rings. The minimum atomic E-state index is -0.259. The molecule has 0 atom stereocenters. The summed E-state index contributed by atoms with van der Waals surface area (Å²) in [6, 6.07) is 4.74. The van der Waals surface area contributed by atoms with Crippen LogP contribution in [0, 0.1) is 11.2 Å². The Morgan fingerprint density at radius 2 is 2.26 bits per heavy atom. The molecule has 0 amide bonds. The minimum Gasteiger partial charge on any atom is -0.469 e. The topological polar surface area (TPSA) is 52.3 Å². The van der Waals surface area contributed by atoms with Crippen LogP contribution in [0.1, 0.15) is 24.8 Å². The zero-order valence-corrected chi connectivity index (χ0v) is 11.8. The molecule has 1 saturated carbocycles. The van der Waals surface area contributed by atoms with Crippen molar-refractivity contribution in [1.29, 1.82) is 0 Å². The molecule has 0 aliphatic heterocycles. The number of ether oxygens (including phenoxy) is 1. The predicted molar refractivity (Wildman–Crippen MR) is 75.3 cm³/mol. The molecule has 104 valence electrons. The number of methoxy groups -OCH3 is 1. The van der Waals surface area contributed by atoms with Crippen molar-refractivity contribution in [2.75, 3.05) is 18.6 Å². The number of halogens is 1. The SMILES string of the molecule is COC(=O)CC1(CSCc2c(N)cccc2F)CC1. The standard InChI is InChI=1S/C14H18FNO2S/c1-18-13(17)7-14(5-6-14)9-19-8-10-11(15)3-2-4-12(10)16/h2-4H,5-9,16H2,1H3. The second kappa shape index (κ2) is 5.82. The summed E-state index contributed by atoms with van der Waals surface area (Å²) in [5.74, 6) is 0.964. The number of hydrogen-bond donors (Lipinski definition) is 1. The maximum Gasteiger partial charge on any atom is 0.306 e. The van der Waals surface area contributed by atoms with Crippen LogP contribution in [0.25, 0.3) is 0 Å². The molecule has 1 fully saturated rings. The van der Waals surface area contributed by atoms with Gasteiger partial charge in [-0.1, -0.05) is 6.07 Å². The Balaban J connectivity index is 1.85. The summed E-state index contributed by atoms with van der Waals surface area (Å²) in [4.78, 5) is 11.3. The van der Waals surface area contributed by atoms with Crippen molar-refractivity contribution in [2.24, 2.45) is 5.41 Å². The first kappa shape index (κ1) is 14.2. The first-order valence-corrected chi connectivity index (χ1v) is 7.39. The number of carbonyl (C=O) groups excluding carboxylic acids is 1. The first-order valence-electron chi connectivity index (χ1n) is 6.24. The van der Waals surface area contributed by atoms with E-state index in [0.717, 1.165) is 18.6 Å². The Hall–Kier alpha value is -1.23. The number of benzene rings is 1. The highest BCUT2D eigenvalue weighted by Gasteiger charge is 2.44. The lowest BCUT2D eigenvalue weighted by molar-refractivity contribution is -0.141. The van der Waals surface area contributed by atoms with Gasteiger partial charge in [0.25, 0.3) is 0 Å². The molecule has 3 nitrogen and oxygen atoms in total. The van der Waals surface area contributed by atoms with Crippen LogP contribution in [0.4, 0.5) is 10.1 Å². The van der Waals surface area contributed by atoms with Gasteiger partial charge in [-0.15, -0.1) is 0 Å². The Bertz CT molecular complexity index is 454. The third-order valence-electron chi connectivity index (χ3n) is 3.51. The summed E-state index contributed by atoms with van der Waals surface area (Å²) in [5, 5.41) is 0. The van der Waals surface area contributed by atoms with E-state index in [-0.39, 0.29) is 17.2 Å². The summed E-state index contributed by atoms with van der Waals surface area (Å²) < 4.78 is 18.3. The molecule has 0 heterocycles. The summed E-state index contributed by atoms with van der Waals surface area (Å²) in [6.07, 6.45) is 2.55. The molecule has 1 aliphatic carbocycles. The van der Waals surface area contributed by atoms with Gasteiger partial charge in [-0.3, -0.25) is 4.79 Å². The molecule has 1 aromatic carbocycles. The van der Waals surface area contributed by atoms with E-state index in [1.165, 1.54) is 13.2 Å². The maximum atomic E-state index is 13.6. The van der Waals surface area contributed by atoms with Gasteiger partial charge in [0.15, 0.2) is 0 Å². The number of carbonyl (C=O) groups is 1. The van der Waals surface area contributed by atoms with E-state index < -0.39 is 0 Å². The molecular weight excluding hydrogens is 265 g/mol. The van der Waals surface area contributed by atoms with Crippen molar-refractivity contribution in [3.05, 3.63) is 29.6 Å². The quantitative estimate of drug-likeness (QED) is 0.644. The van der Waals surface area contributed by atoms with E-state index >= 15 is 0 Å². The zero-order chi connectivity index (χ0) is 13.9. The summed E-state index contributed by atoms with van der Waals surface area (Å²) in [5.41, 5.74) is 6.88. The number of esters is 1. The lowest BCUT2D eigenvalue weighted by Crippen LogP contribution is -2.13. The molecule has 19 heavy (non-hydrogen) atoms. The van der Waals surface area contributed by atoms with Crippen molar-refractivity contribution in [2.45, 2.75) is 25.0 Å². The van der Waals surface area contributed by atoms with Crippen molar-refractivity contribution >= 4 is 23.4 Å². The number of thioether (sulfide) groups is 1. The highest BCUT2D eigenvalue weighted by Crippen LogP contribution is 2.51.